The second kappa shape index (κ2) is 12.9. The third-order valence-electron chi connectivity index (χ3n) is 8.12. The minimum atomic E-state index is -2.73. The summed E-state index contributed by atoms with van der Waals surface area (Å²) in [6.45, 7) is 13.4. The number of fused-ring (bicyclic) bond motifs is 1. The molecule has 11 heteroatoms. The van der Waals surface area contributed by atoms with Crippen LogP contribution in [0.4, 0.5) is 0 Å². The van der Waals surface area contributed by atoms with E-state index in [1.54, 1.807) is 39.0 Å². The molecule has 2 aliphatic rings. The minimum Gasteiger partial charge on any atom is -0.455 e. The average molecular weight is 613 g/mol. The van der Waals surface area contributed by atoms with Gasteiger partial charge >= 0.3 is 23.9 Å². The fraction of sp³-hybridized carbons (Fsp3) is 0.515. The summed E-state index contributed by atoms with van der Waals surface area (Å²) in [6.07, 6.45) is -2.73. The quantitative estimate of drug-likeness (QED) is 0.295. The van der Waals surface area contributed by atoms with E-state index < -0.39 is 88.6 Å². The molecule has 2 aliphatic carbocycles. The van der Waals surface area contributed by atoms with Gasteiger partial charge in [-0.25, -0.2) is 4.79 Å². The van der Waals surface area contributed by atoms with E-state index >= 15 is 0 Å². The maximum Gasteiger partial charge on any atom is 0.338 e. The molecule has 0 heterocycles. The third kappa shape index (κ3) is 6.52. The molecule has 0 aliphatic heterocycles. The molecule has 238 valence electrons. The van der Waals surface area contributed by atoms with Crippen molar-refractivity contribution in [2.45, 2.75) is 90.8 Å². The molecule has 0 saturated heterocycles. The first-order valence-corrected chi connectivity index (χ1v) is 14.4. The van der Waals surface area contributed by atoms with Crippen molar-refractivity contribution < 1.29 is 52.8 Å². The summed E-state index contributed by atoms with van der Waals surface area (Å²) in [5.74, 6) is -6.69. The van der Waals surface area contributed by atoms with E-state index in [9.17, 15) is 33.9 Å². The molecule has 1 N–H and O–H groups in total. The smallest absolute Gasteiger partial charge is 0.338 e. The van der Waals surface area contributed by atoms with Crippen LogP contribution in [0.1, 0.15) is 71.7 Å². The maximum atomic E-state index is 14.4. The Kier molecular flexibility index (Phi) is 10.0. The highest BCUT2D eigenvalue weighted by atomic mass is 16.6. The van der Waals surface area contributed by atoms with Crippen LogP contribution < -0.4 is 0 Å². The first-order chi connectivity index (χ1) is 20.4. The topological polar surface area (TPSA) is 160 Å². The van der Waals surface area contributed by atoms with Gasteiger partial charge in [0.2, 0.25) is 5.60 Å². The van der Waals surface area contributed by atoms with Crippen LogP contribution in [0.15, 0.2) is 54.6 Å². The van der Waals surface area contributed by atoms with Gasteiger partial charge in [-0.1, -0.05) is 50.8 Å². The van der Waals surface area contributed by atoms with E-state index in [1.807, 2.05) is 0 Å². The van der Waals surface area contributed by atoms with Crippen LogP contribution in [-0.2, 0) is 42.9 Å². The van der Waals surface area contributed by atoms with E-state index in [0.717, 1.165) is 20.8 Å². The first-order valence-electron chi connectivity index (χ1n) is 14.4. The van der Waals surface area contributed by atoms with E-state index in [-0.39, 0.29) is 17.6 Å². The van der Waals surface area contributed by atoms with Crippen molar-refractivity contribution in [3.05, 3.63) is 60.2 Å². The highest BCUT2D eigenvalue weighted by Crippen LogP contribution is 2.53. The highest BCUT2D eigenvalue weighted by Gasteiger charge is 2.75. The van der Waals surface area contributed by atoms with Gasteiger partial charge in [-0.3, -0.25) is 24.0 Å². The summed E-state index contributed by atoms with van der Waals surface area (Å²) in [6, 6.07) is 7.89. The Bertz CT molecular complexity index is 1380. The van der Waals surface area contributed by atoms with Gasteiger partial charge < -0.3 is 24.1 Å². The number of aliphatic hydroxyl groups is 1. The molecule has 0 amide bonds. The number of ketones is 2. The van der Waals surface area contributed by atoms with Gasteiger partial charge in [0.05, 0.1) is 5.56 Å². The molecule has 0 radical (unpaired) electrons. The summed E-state index contributed by atoms with van der Waals surface area (Å²) in [7, 11) is 0. The van der Waals surface area contributed by atoms with Gasteiger partial charge in [0.1, 0.15) is 6.10 Å². The number of Topliss-reactive ketones (excluding diaryl/α,β-unsaturated/α-hetero) is 2. The molecular weight excluding hydrogens is 572 g/mol. The zero-order chi connectivity index (χ0) is 33.2. The lowest BCUT2D eigenvalue weighted by Gasteiger charge is -2.47. The zero-order valence-electron chi connectivity index (χ0n) is 26.1. The molecule has 11 nitrogen and oxygen atoms in total. The Labute approximate surface area is 256 Å². The zero-order valence-corrected chi connectivity index (χ0v) is 26.1. The van der Waals surface area contributed by atoms with Gasteiger partial charge in [-0.05, 0) is 31.6 Å². The third-order valence-corrected chi connectivity index (χ3v) is 8.12. The molecule has 0 aromatic heterocycles. The predicted molar refractivity (Wildman–Crippen MR) is 156 cm³/mol. The molecule has 7 atom stereocenters. The second-order valence-electron chi connectivity index (χ2n) is 12.2. The molecular formula is C33H40O11. The van der Waals surface area contributed by atoms with Crippen molar-refractivity contribution in [1.29, 1.82) is 0 Å². The van der Waals surface area contributed by atoms with Crippen molar-refractivity contribution in [3.63, 3.8) is 0 Å². The van der Waals surface area contributed by atoms with E-state index in [1.165, 1.54) is 31.2 Å². The van der Waals surface area contributed by atoms with Crippen LogP contribution >= 0.6 is 0 Å². The molecule has 1 aromatic carbocycles. The largest absolute Gasteiger partial charge is 0.455 e. The van der Waals surface area contributed by atoms with E-state index in [4.69, 9.17) is 18.9 Å². The van der Waals surface area contributed by atoms with Gasteiger partial charge in [0.25, 0.3) is 0 Å². The van der Waals surface area contributed by atoms with Crippen LogP contribution in [-0.4, -0.2) is 70.1 Å². The fourth-order valence-corrected chi connectivity index (χ4v) is 6.15. The molecule has 1 fully saturated rings. The number of hydrogen-bond donors (Lipinski definition) is 1. The Morgan fingerprint density at radius 3 is 2.02 bits per heavy atom. The summed E-state index contributed by atoms with van der Waals surface area (Å²) < 4.78 is 22.6. The number of esters is 4. The van der Waals surface area contributed by atoms with E-state index in [2.05, 4.69) is 6.58 Å². The molecule has 3 rings (SSSR count). The molecule has 1 saturated carbocycles. The number of allylic oxidation sites excluding steroid dienone is 2. The monoisotopic (exact) mass is 612 g/mol. The number of carbonyl (C=O) groups is 6. The number of rotatable bonds is 5. The molecule has 44 heavy (non-hydrogen) atoms. The summed E-state index contributed by atoms with van der Waals surface area (Å²) in [5.41, 5.74) is -6.39. The molecule has 0 spiro atoms. The number of benzene rings is 1. The maximum absolute atomic E-state index is 14.4. The molecule has 0 unspecified atom stereocenters. The summed E-state index contributed by atoms with van der Waals surface area (Å²) in [5, 5.41) is 12.9. The lowest BCUT2D eigenvalue weighted by molar-refractivity contribution is -0.231. The normalized spacial score (nSPS) is 32.0. The van der Waals surface area contributed by atoms with Crippen LogP contribution in [0.2, 0.25) is 0 Å². The highest BCUT2D eigenvalue weighted by molar-refractivity contribution is 5.96. The Morgan fingerprint density at radius 1 is 0.886 bits per heavy atom. The van der Waals surface area contributed by atoms with Crippen molar-refractivity contribution in [2.75, 3.05) is 0 Å². The van der Waals surface area contributed by atoms with Gasteiger partial charge in [-0.15, -0.1) is 0 Å². The van der Waals surface area contributed by atoms with Crippen molar-refractivity contribution in [1.82, 2.24) is 0 Å². The van der Waals surface area contributed by atoms with Crippen LogP contribution in [0, 0.1) is 17.3 Å². The molecule has 1 aromatic rings. The van der Waals surface area contributed by atoms with E-state index in [0.29, 0.717) is 0 Å². The average Bonchev–Trinajstić information content (AvgIpc) is 3.14. The summed E-state index contributed by atoms with van der Waals surface area (Å²) >= 11 is 0. The van der Waals surface area contributed by atoms with Gasteiger partial charge in [-0.2, -0.15) is 0 Å². The Morgan fingerprint density at radius 2 is 1.48 bits per heavy atom. The van der Waals surface area contributed by atoms with Crippen LogP contribution in [0.5, 0.6) is 0 Å². The van der Waals surface area contributed by atoms with Crippen molar-refractivity contribution in [3.8, 4) is 0 Å². The molecule has 0 bridgehead atoms. The summed E-state index contributed by atoms with van der Waals surface area (Å²) in [4.78, 5) is 78.7. The lowest BCUT2D eigenvalue weighted by atomic mass is 9.70. The second-order valence-corrected chi connectivity index (χ2v) is 12.2. The first kappa shape index (κ1) is 34.4. The number of ether oxygens (including phenoxy) is 4. The van der Waals surface area contributed by atoms with Gasteiger partial charge in [0, 0.05) is 50.9 Å². The minimum absolute atomic E-state index is 0.134. The van der Waals surface area contributed by atoms with Crippen molar-refractivity contribution >= 4 is 35.4 Å². The van der Waals surface area contributed by atoms with Crippen LogP contribution in [0.3, 0.4) is 0 Å². The number of carbonyl (C=O) groups excluding carboxylic acids is 6. The van der Waals surface area contributed by atoms with Crippen LogP contribution in [0.25, 0.3) is 0 Å². The van der Waals surface area contributed by atoms with Crippen molar-refractivity contribution in [2.24, 2.45) is 17.3 Å². The standard InChI is InChI=1S/C33H40O11/c1-18-14-15-31(7,8)27(38)25(41-21(4)34)16-19(2)28(42-22(5)35)33(40)29(43-30(39)24-12-10-9-11-13-24)20(3)17-32(33,26(18)37)44-23(6)36/h9-15,18,20,25,28-29,40H,2,16-17H2,1,3-8H3/t18-,20+,25-,28+,29-,32+,33-/m1/s1. The lowest BCUT2D eigenvalue weighted by Crippen LogP contribution is -2.70. The van der Waals surface area contributed by atoms with Gasteiger partial charge in [0.15, 0.2) is 29.4 Å². The SMILES string of the molecule is C=C1C[C@@H](OC(C)=O)C(=O)C(C)(C)C=C[C@@H](C)C(=O)[C@@]2(OC(C)=O)C[C@H](C)[C@@H](OC(=O)c3ccccc3)[C@]2(O)[C@H]1OC(C)=O. The predicted octanol–water partition coefficient (Wildman–Crippen LogP) is 3.46. The fourth-order valence-electron chi connectivity index (χ4n) is 6.15. The Balaban J connectivity index is 2.37. The number of hydrogen-bond acceptors (Lipinski definition) is 11. The Hall–Kier alpha value is -4.12.